The van der Waals surface area contributed by atoms with Crippen molar-refractivity contribution >= 4 is 28.6 Å². The van der Waals surface area contributed by atoms with Crippen LogP contribution in [0, 0.1) is 0 Å². The molecule has 1 aliphatic rings. The van der Waals surface area contributed by atoms with Gasteiger partial charge < -0.3 is 9.67 Å². The fraction of sp³-hybridized carbons (Fsp3) is 0.182. The predicted octanol–water partition coefficient (Wildman–Crippen LogP) is 2.45. The number of para-hydroxylation sites is 1. The van der Waals surface area contributed by atoms with E-state index in [1.807, 2.05) is 22.8 Å². The molecule has 3 nitrogen and oxygen atoms in total. The zero-order chi connectivity index (χ0) is 10.4. The molecule has 1 aliphatic heterocycles. The number of benzene rings is 1. The predicted molar refractivity (Wildman–Crippen MR) is 59.6 cm³/mol. The van der Waals surface area contributed by atoms with Crippen LogP contribution in [-0.2, 0) is 6.54 Å². The van der Waals surface area contributed by atoms with Crippen LogP contribution in [-0.4, -0.2) is 21.4 Å². The van der Waals surface area contributed by atoms with E-state index in [1.165, 1.54) is 4.90 Å². The third kappa shape index (κ3) is 1.18. The molecule has 3 rings (SSSR count). The first-order valence-electron chi connectivity index (χ1n) is 4.75. The summed E-state index contributed by atoms with van der Waals surface area (Å²) >= 11 is 1.79. The normalized spacial score (nSPS) is 14.4. The average molecular weight is 219 g/mol. The molecule has 0 spiro atoms. The minimum Gasteiger partial charge on any atom is -0.478 e. The first kappa shape index (κ1) is 8.85. The topological polar surface area (TPSA) is 42.2 Å². The van der Waals surface area contributed by atoms with Crippen molar-refractivity contribution in [3.8, 4) is 0 Å². The summed E-state index contributed by atoms with van der Waals surface area (Å²) in [6, 6.07) is 5.85. The molecule has 0 saturated heterocycles. The van der Waals surface area contributed by atoms with Crippen molar-refractivity contribution in [3.05, 3.63) is 30.0 Å². The lowest BCUT2D eigenvalue weighted by molar-refractivity contribution is 0.0699. The Morgan fingerprint density at radius 1 is 1.47 bits per heavy atom. The number of carbonyl (C=O) groups is 1. The van der Waals surface area contributed by atoms with Gasteiger partial charge in [-0.25, -0.2) is 4.79 Å². The maximum Gasteiger partial charge on any atom is 0.337 e. The summed E-state index contributed by atoms with van der Waals surface area (Å²) in [4.78, 5) is 12.2. The van der Waals surface area contributed by atoms with E-state index in [4.69, 9.17) is 5.11 Å². The maximum absolute atomic E-state index is 11.1. The fourth-order valence-corrected chi connectivity index (χ4v) is 3.09. The SMILES string of the molecule is O=C(O)c1cn2c3c(cccc13)SCC2. The molecule has 0 radical (unpaired) electrons. The quantitative estimate of drug-likeness (QED) is 0.801. The van der Waals surface area contributed by atoms with Crippen LogP contribution < -0.4 is 0 Å². The van der Waals surface area contributed by atoms with Gasteiger partial charge in [-0.3, -0.25) is 0 Å². The zero-order valence-electron chi connectivity index (χ0n) is 7.93. The molecule has 1 N–H and O–H groups in total. The van der Waals surface area contributed by atoms with Gasteiger partial charge in [0.25, 0.3) is 0 Å². The highest BCUT2D eigenvalue weighted by atomic mass is 32.2. The molecule has 0 amide bonds. The molecule has 0 atom stereocenters. The second kappa shape index (κ2) is 3.03. The van der Waals surface area contributed by atoms with Crippen molar-refractivity contribution in [2.75, 3.05) is 5.75 Å². The first-order valence-corrected chi connectivity index (χ1v) is 5.74. The minimum absolute atomic E-state index is 0.411. The molecule has 0 bridgehead atoms. The van der Waals surface area contributed by atoms with Crippen LogP contribution in [0.25, 0.3) is 10.9 Å². The largest absolute Gasteiger partial charge is 0.478 e. The van der Waals surface area contributed by atoms with E-state index in [0.29, 0.717) is 5.56 Å². The van der Waals surface area contributed by atoms with Gasteiger partial charge in [-0.15, -0.1) is 11.8 Å². The third-order valence-corrected chi connectivity index (χ3v) is 3.71. The molecule has 2 heterocycles. The number of nitrogens with zero attached hydrogens (tertiary/aromatic N) is 1. The number of hydrogen-bond donors (Lipinski definition) is 1. The number of thioether (sulfide) groups is 1. The highest BCUT2D eigenvalue weighted by Crippen LogP contribution is 2.34. The number of aromatic nitrogens is 1. The van der Waals surface area contributed by atoms with Gasteiger partial charge in [0, 0.05) is 28.8 Å². The molecule has 0 aliphatic carbocycles. The van der Waals surface area contributed by atoms with E-state index < -0.39 is 5.97 Å². The number of carboxylic acids is 1. The summed E-state index contributed by atoms with van der Waals surface area (Å²) < 4.78 is 2.05. The standard InChI is InChI=1S/C11H9NO2S/c13-11(14)8-6-12-4-5-15-9-3-1-2-7(8)10(9)12/h1-3,6H,4-5H2,(H,13,14). The Balaban J connectivity index is 2.43. The molecule has 4 heteroatoms. The molecule has 76 valence electrons. The molecule has 0 fully saturated rings. The van der Waals surface area contributed by atoms with Gasteiger partial charge in [-0.1, -0.05) is 12.1 Å². The van der Waals surface area contributed by atoms with Crippen molar-refractivity contribution in [1.29, 1.82) is 0 Å². The van der Waals surface area contributed by atoms with E-state index in [9.17, 15) is 4.79 Å². The van der Waals surface area contributed by atoms with Crippen LogP contribution in [0.15, 0.2) is 29.3 Å². The zero-order valence-corrected chi connectivity index (χ0v) is 8.75. The van der Waals surface area contributed by atoms with Crippen molar-refractivity contribution in [2.24, 2.45) is 0 Å². The van der Waals surface area contributed by atoms with Gasteiger partial charge in [0.15, 0.2) is 0 Å². The van der Waals surface area contributed by atoms with Gasteiger partial charge >= 0.3 is 5.97 Å². The maximum atomic E-state index is 11.1. The van der Waals surface area contributed by atoms with Gasteiger partial charge in [0.05, 0.1) is 11.1 Å². The second-order valence-electron chi connectivity index (χ2n) is 3.54. The van der Waals surface area contributed by atoms with Crippen molar-refractivity contribution in [2.45, 2.75) is 11.4 Å². The third-order valence-electron chi connectivity index (χ3n) is 2.68. The Bertz CT molecular complexity index is 559. The Hall–Kier alpha value is -1.42. The average Bonchev–Trinajstić information content (AvgIpc) is 2.61. The molecule has 0 unspecified atom stereocenters. The highest BCUT2D eigenvalue weighted by Gasteiger charge is 2.19. The number of aromatic carboxylic acids is 1. The van der Waals surface area contributed by atoms with Gasteiger partial charge in [0.1, 0.15) is 0 Å². The Morgan fingerprint density at radius 2 is 2.33 bits per heavy atom. The lowest BCUT2D eigenvalue weighted by Crippen LogP contribution is -2.04. The molecule has 15 heavy (non-hydrogen) atoms. The van der Waals surface area contributed by atoms with Gasteiger partial charge in [-0.05, 0) is 6.07 Å². The number of carboxylic acid groups (broad SMARTS) is 1. The lowest BCUT2D eigenvalue weighted by atomic mass is 10.2. The molecular formula is C11H9NO2S. The highest BCUT2D eigenvalue weighted by molar-refractivity contribution is 7.99. The van der Waals surface area contributed by atoms with Crippen LogP contribution >= 0.6 is 11.8 Å². The van der Waals surface area contributed by atoms with Crippen LogP contribution in [0.2, 0.25) is 0 Å². The summed E-state index contributed by atoms with van der Waals surface area (Å²) in [6.45, 7) is 0.894. The van der Waals surface area contributed by atoms with Crippen LogP contribution in [0.3, 0.4) is 0 Å². The summed E-state index contributed by atoms with van der Waals surface area (Å²) in [5.41, 5.74) is 1.49. The summed E-state index contributed by atoms with van der Waals surface area (Å²) in [5, 5.41) is 9.94. The molecule has 1 aromatic heterocycles. The first-order chi connectivity index (χ1) is 7.27. The smallest absolute Gasteiger partial charge is 0.337 e. The van der Waals surface area contributed by atoms with Gasteiger partial charge in [-0.2, -0.15) is 0 Å². The Kier molecular flexibility index (Phi) is 1.79. The molecule has 0 saturated carbocycles. The van der Waals surface area contributed by atoms with E-state index in [-0.39, 0.29) is 0 Å². The number of hydrogen-bond acceptors (Lipinski definition) is 2. The number of aryl methyl sites for hydroxylation is 1. The lowest BCUT2D eigenvalue weighted by Gasteiger charge is -2.14. The van der Waals surface area contributed by atoms with E-state index in [1.54, 1.807) is 18.0 Å². The number of rotatable bonds is 1. The Labute approximate surface area is 90.7 Å². The van der Waals surface area contributed by atoms with Gasteiger partial charge in [0.2, 0.25) is 0 Å². The van der Waals surface area contributed by atoms with Crippen LogP contribution in [0.4, 0.5) is 0 Å². The fourth-order valence-electron chi connectivity index (χ4n) is 2.04. The van der Waals surface area contributed by atoms with E-state index in [0.717, 1.165) is 23.2 Å². The monoisotopic (exact) mass is 219 g/mol. The van der Waals surface area contributed by atoms with Crippen molar-refractivity contribution in [3.63, 3.8) is 0 Å². The summed E-state index contributed by atoms with van der Waals surface area (Å²) in [6.07, 6.45) is 1.75. The molecule has 2 aromatic rings. The van der Waals surface area contributed by atoms with Crippen LogP contribution in [0.5, 0.6) is 0 Å². The molecule has 1 aromatic carbocycles. The van der Waals surface area contributed by atoms with E-state index in [2.05, 4.69) is 0 Å². The molecular weight excluding hydrogens is 210 g/mol. The van der Waals surface area contributed by atoms with Crippen LogP contribution in [0.1, 0.15) is 10.4 Å². The van der Waals surface area contributed by atoms with Crippen molar-refractivity contribution < 1.29 is 9.90 Å². The summed E-state index contributed by atoms with van der Waals surface area (Å²) in [7, 11) is 0. The minimum atomic E-state index is -0.845. The second-order valence-corrected chi connectivity index (χ2v) is 4.68. The van der Waals surface area contributed by atoms with E-state index >= 15 is 0 Å². The van der Waals surface area contributed by atoms with Crippen molar-refractivity contribution in [1.82, 2.24) is 4.57 Å². The Morgan fingerprint density at radius 3 is 3.13 bits per heavy atom. The summed E-state index contributed by atoms with van der Waals surface area (Å²) in [5.74, 6) is 0.169.